The van der Waals surface area contributed by atoms with E-state index in [2.05, 4.69) is 24.0 Å². The Morgan fingerprint density at radius 3 is 2.53 bits per heavy atom. The molecule has 2 nitrogen and oxygen atoms in total. The first-order chi connectivity index (χ1) is 8.36. The van der Waals surface area contributed by atoms with Gasteiger partial charge in [-0.3, -0.25) is 0 Å². The minimum Gasteiger partial charge on any atom is -0.204 e. The van der Waals surface area contributed by atoms with Crippen molar-refractivity contribution in [3.05, 3.63) is 66.0 Å². The molecule has 0 radical (unpaired) electrons. The number of aryl methyl sites for hydroxylation is 1. The standard InChI is InChI=1S/C15H15N2/c16-17-13-7-6-12-15(17)11-5-4-10-14-8-2-1-3-9-14/h1-3,6-9,12-13H,4,10,16H2/q+1. The first kappa shape index (κ1) is 11.2. The monoisotopic (exact) mass is 223 g/mol. The maximum atomic E-state index is 5.73. The van der Waals surface area contributed by atoms with Gasteiger partial charge in [-0.2, -0.15) is 0 Å². The first-order valence-electron chi connectivity index (χ1n) is 5.65. The number of rotatable bonds is 2. The van der Waals surface area contributed by atoms with Gasteiger partial charge >= 0.3 is 0 Å². The molecule has 17 heavy (non-hydrogen) atoms. The van der Waals surface area contributed by atoms with Gasteiger partial charge in [-0.15, -0.1) is 0 Å². The van der Waals surface area contributed by atoms with Crippen molar-refractivity contribution in [1.82, 2.24) is 0 Å². The van der Waals surface area contributed by atoms with Crippen LogP contribution in [0.2, 0.25) is 0 Å². The summed E-state index contributed by atoms with van der Waals surface area (Å²) in [6, 6.07) is 16.1. The second-order valence-electron chi connectivity index (χ2n) is 3.78. The van der Waals surface area contributed by atoms with Gasteiger partial charge in [0.15, 0.2) is 0 Å². The molecule has 0 aliphatic rings. The van der Waals surface area contributed by atoms with Crippen LogP contribution in [0.15, 0.2) is 54.7 Å². The third-order valence-corrected chi connectivity index (χ3v) is 2.49. The summed E-state index contributed by atoms with van der Waals surface area (Å²) >= 11 is 0. The molecule has 1 aromatic carbocycles. The van der Waals surface area contributed by atoms with Crippen molar-refractivity contribution >= 4 is 0 Å². The topological polar surface area (TPSA) is 29.9 Å². The summed E-state index contributed by atoms with van der Waals surface area (Å²) in [5.74, 6) is 11.9. The molecule has 0 aliphatic heterocycles. The number of benzene rings is 1. The molecule has 0 spiro atoms. The normalized spacial score (nSPS) is 9.41. The Kier molecular flexibility index (Phi) is 3.77. The number of aromatic nitrogens is 1. The van der Waals surface area contributed by atoms with Crippen molar-refractivity contribution in [3.8, 4) is 11.8 Å². The fraction of sp³-hybridized carbons (Fsp3) is 0.133. The van der Waals surface area contributed by atoms with Crippen molar-refractivity contribution in [2.24, 2.45) is 0 Å². The van der Waals surface area contributed by atoms with Gasteiger partial charge in [-0.05, 0) is 18.1 Å². The molecule has 2 heteroatoms. The quantitative estimate of drug-likeness (QED) is 0.468. The number of hydrogen-bond donors (Lipinski definition) is 1. The Labute approximate surface area is 102 Å². The number of hydrogen-bond acceptors (Lipinski definition) is 1. The van der Waals surface area contributed by atoms with Crippen LogP contribution in [-0.2, 0) is 6.42 Å². The van der Waals surface area contributed by atoms with E-state index in [4.69, 9.17) is 5.84 Å². The largest absolute Gasteiger partial charge is 0.285 e. The van der Waals surface area contributed by atoms with Crippen LogP contribution in [0.4, 0.5) is 0 Å². The number of nitrogen functional groups attached to an aromatic ring is 1. The van der Waals surface area contributed by atoms with E-state index in [-0.39, 0.29) is 0 Å². The second kappa shape index (κ2) is 5.72. The minimum absolute atomic E-state index is 0.834. The molecule has 0 saturated carbocycles. The summed E-state index contributed by atoms with van der Waals surface area (Å²) in [6.45, 7) is 0. The van der Waals surface area contributed by atoms with E-state index in [1.165, 1.54) is 10.2 Å². The minimum atomic E-state index is 0.834. The molecule has 0 bridgehead atoms. The molecule has 0 unspecified atom stereocenters. The molecular formula is C15H15N2+. The fourth-order valence-corrected chi connectivity index (χ4v) is 1.57. The summed E-state index contributed by atoms with van der Waals surface area (Å²) in [7, 11) is 0. The lowest BCUT2D eigenvalue weighted by molar-refractivity contribution is -0.641. The summed E-state index contributed by atoms with van der Waals surface area (Å²) < 4.78 is 1.54. The third kappa shape index (κ3) is 3.35. The summed E-state index contributed by atoms with van der Waals surface area (Å²) in [4.78, 5) is 0. The molecule has 84 valence electrons. The van der Waals surface area contributed by atoms with Crippen LogP contribution in [-0.4, -0.2) is 0 Å². The van der Waals surface area contributed by atoms with Crippen LogP contribution in [0.25, 0.3) is 0 Å². The molecule has 0 fully saturated rings. The Hall–Kier alpha value is -2.27. The van der Waals surface area contributed by atoms with Crippen molar-refractivity contribution < 1.29 is 4.68 Å². The molecule has 2 aromatic rings. The van der Waals surface area contributed by atoms with Crippen LogP contribution in [0.3, 0.4) is 0 Å². The SMILES string of the molecule is N[n+]1ccccc1C#CCCc1ccccc1. The van der Waals surface area contributed by atoms with E-state index >= 15 is 0 Å². The molecule has 2 N–H and O–H groups in total. The lowest BCUT2D eigenvalue weighted by Crippen LogP contribution is -2.46. The molecule has 0 saturated heterocycles. The Balaban J connectivity index is 1.94. The number of nitrogens with two attached hydrogens (primary N) is 1. The predicted molar refractivity (Wildman–Crippen MR) is 68.4 cm³/mol. The van der Waals surface area contributed by atoms with E-state index in [0.29, 0.717) is 0 Å². The van der Waals surface area contributed by atoms with E-state index in [1.807, 2.05) is 36.4 Å². The van der Waals surface area contributed by atoms with Gasteiger partial charge in [0.2, 0.25) is 6.20 Å². The average Bonchev–Trinajstić information content (AvgIpc) is 2.38. The zero-order valence-corrected chi connectivity index (χ0v) is 9.63. The molecule has 1 aromatic heterocycles. The fourth-order valence-electron chi connectivity index (χ4n) is 1.57. The van der Waals surface area contributed by atoms with Crippen LogP contribution in [0.1, 0.15) is 17.7 Å². The van der Waals surface area contributed by atoms with Crippen LogP contribution in [0, 0.1) is 11.8 Å². The van der Waals surface area contributed by atoms with Gasteiger partial charge in [0.1, 0.15) is 0 Å². The highest BCUT2D eigenvalue weighted by atomic mass is 15.3. The van der Waals surface area contributed by atoms with Crippen molar-refractivity contribution in [2.45, 2.75) is 12.8 Å². The van der Waals surface area contributed by atoms with Gasteiger partial charge in [0.05, 0.1) is 0 Å². The highest BCUT2D eigenvalue weighted by Crippen LogP contribution is 2.01. The zero-order valence-electron chi connectivity index (χ0n) is 9.63. The third-order valence-electron chi connectivity index (χ3n) is 2.49. The molecule has 0 amide bonds. The molecule has 0 atom stereocenters. The van der Waals surface area contributed by atoms with Gasteiger partial charge in [-0.1, -0.05) is 40.9 Å². The molecule has 0 aliphatic carbocycles. The van der Waals surface area contributed by atoms with Gasteiger partial charge in [-0.25, -0.2) is 5.84 Å². The lowest BCUT2D eigenvalue weighted by Gasteiger charge is -1.94. The first-order valence-corrected chi connectivity index (χ1v) is 5.65. The van der Waals surface area contributed by atoms with Crippen LogP contribution >= 0.6 is 0 Å². The lowest BCUT2D eigenvalue weighted by atomic mass is 10.1. The van der Waals surface area contributed by atoms with Gasteiger partial charge in [0, 0.05) is 24.5 Å². The Bertz CT molecular complexity index is 536. The maximum absolute atomic E-state index is 5.73. The smallest absolute Gasteiger partial charge is 0.204 e. The maximum Gasteiger partial charge on any atom is 0.285 e. The number of pyridine rings is 1. The summed E-state index contributed by atoms with van der Waals surface area (Å²) in [6.07, 6.45) is 3.62. The highest BCUT2D eigenvalue weighted by molar-refractivity contribution is 5.24. The predicted octanol–water partition coefficient (Wildman–Crippen LogP) is 1.67. The van der Waals surface area contributed by atoms with Crippen LogP contribution in [0.5, 0.6) is 0 Å². The van der Waals surface area contributed by atoms with E-state index in [1.54, 1.807) is 6.20 Å². The van der Waals surface area contributed by atoms with Crippen molar-refractivity contribution in [1.29, 1.82) is 0 Å². The molecular weight excluding hydrogens is 208 g/mol. The summed E-state index contributed by atoms with van der Waals surface area (Å²) in [5, 5.41) is 0. The van der Waals surface area contributed by atoms with Crippen molar-refractivity contribution in [3.63, 3.8) is 0 Å². The Morgan fingerprint density at radius 1 is 1.00 bits per heavy atom. The van der Waals surface area contributed by atoms with Crippen molar-refractivity contribution in [2.75, 3.05) is 5.84 Å². The van der Waals surface area contributed by atoms with Gasteiger partial charge in [0.25, 0.3) is 5.69 Å². The van der Waals surface area contributed by atoms with E-state index < -0.39 is 0 Å². The Morgan fingerprint density at radius 2 is 1.76 bits per heavy atom. The van der Waals surface area contributed by atoms with E-state index in [0.717, 1.165) is 18.5 Å². The van der Waals surface area contributed by atoms with Crippen LogP contribution < -0.4 is 10.5 Å². The molecule has 1 heterocycles. The average molecular weight is 223 g/mol. The van der Waals surface area contributed by atoms with Gasteiger partial charge < -0.3 is 0 Å². The second-order valence-corrected chi connectivity index (χ2v) is 3.78. The summed E-state index contributed by atoms with van der Waals surface area (Å²) in [5.41, 5.74) is 2.15. The van der Waals surface area contributed by atoms with E-state index in [9.17, 15) is 0 Å². The molecule has 2 rings (SSSR count). The zero-order chi connectivity index (χ0) is 11.9. The number of nitrogens with zero attached hydrogens (tertiary/aromatic N) is 1. The highest BCUT2D eigenvalue weighted by Gasteiger charge is 1.99.